The topological polar surface area (TPSA) is 27.7 Å². The zero-order valence-electron chi connectivity index (χ0n) is 13.1. The highest BCUT2D eigenvalue weighted by atomic mass is 16.8. The molecule has 1 aromatic rings. The van der Waals surface area contributed by atoms with Crippen LogP contribution in [0.1, 0.15) is 44.6 Å². The largest absolute Gasteiger partial charge is 0.342 e. The fraction of sp³-hybridized carbons (Fsp3) is 0.579. The van der Waals surface area contributed by atoms with Crippen LogP contribution in [0.15, 0.2) is 36.4 Å². The Labute approximate surface area is 132 Å². The van der Waals surface area contributed by atoms with Crippen LogP contribution in [0.25, 0.3) is 6.08 Å². The number of benzene rings is 1. The van der Waals surface area contributed by atoms with E-state index in [1.165, 1.54) is 24.8 Å². The number of fused-ring (bicyclic) bond motifs is 1. The van der Waals surface area contributed by atoms with Crippen LogP contribution in [0.5, 0.6) is 0 Å². The number of rotatable bonds is 2. The summed E-state index contributed by atoms with van der Waals surface area (Å²) in [6.07, 6.45) is 9.93. The van der Waals surface area contributed by atoms with Crippen molar-refractivity contribution in [1.82, 2.24) is 0 Å². The number of hydrogen-bond acceptors (Lipinski definition) is 3. The molecule has 3 heteroatoms. The van der Waals surface area contributed by atoms with E-state index in [4.69, 9.17) is 14.2 Å². The minimum absolute atomic E-state index is 0.0659. The van der Waals surface area contributed by atoms with Gasteiger partial charge in [0.2, 0.25) is 0 Å². The van der Waals surface area contributed by atoms with Gasteiger partial charge in [0.15, 0.2) is 12.1 Å². The van der Waals surface area contributed by atoms with Gasteiger partial charge in [-0.25, -0.2) is 0 Å². The summed E-state index contributed by atoms with van der Waals surface area (Å²) in [7, 11) is 0. The van der Waals surface area contributed by atoms with E-state index in [9.17, 15) is 0 Å². The van der Waals surface area contributed by atoms with Gasteiger partial charge >= 0.3 is 0 Å². The van der Waals surface area contributed by atoms with E-state index in [2.05, 4.69) is 31.2 Å². The monoisotopic (exact) mass is 300 g/mol. The highest BCUT2D eigenvalue weighted by Gasteiger charge is 2.55. The van der Waals surface area contributed by atoms with E-state index in [0.29, 0.717) is 5.92 Å². The van der Waals surface area contributed by atoms with Gasteiger partial charge in [-0.15, -0.1) is 0 Å². The first-order valence-corrected chi connectivity index (χ1v) is 8.50. The van der Waals surface area contributed by atoms with Crippen molar-refractivity contribution in [2.45, 2.75) is 63.3 Å². The molecule has 1 aliphatic carbocycles. The molecular weight excluding hydrogens is 276 g/mol. The van der Waals surface area contributed by atoms with Crippen LogP contribution in [0.4, 0.5) is 0 Å². The molecule has 0 N–H and O–H groups in total. The molecule has 2 saturated heterocycles. The molecular formula is C19H24O3. The van der Waals surface area contributed by atoms with Crippen LogP contribution in [0.3, 0.4) is 0 Å². The fourth-order valence-corrected chi connectivity index (χ4v) is 3.85. The number of hydrogen-bond donors (Lipinski definition) is 0. The molecule has 3 aliphatic rings. The van der Waals surface area contributed by atoms with Crippen molar-refractivity contribution in [2.24, 2.45) is 5.92 Å². The first-order chi connectivity index (χ1) is 10.8. The Morgan fingerprint density at radius 1 is 1.05 bits per heavy atom. The second-order valence-corrected chi connectivity index (χ2v) is 6.77. The third kappa shape index (κ3) is 2.62. The SMILES string of the molecule is C[C@H]1[C@H]2OC3(CCCCC3)O[C@H]2O[C@@H]1/C=C/c1ccccc1. The van der Waals surface area contributed by atoms with E-state index in [-0.39, 0.29) is 24.3 Å². The molecule has 2 heterocycles. The van der Waals surface area contributed by atoms with Gasteiger partial charge in [-0.2, -0.15) is 0 Å². The Morgan fingerprint density at radius 3 is 2.55 bits per heavy atom. The third-order valence-electron chi connectivity index (χ3n) is 5.17. The second kappa shape index (κ2) is 5.80. The first-order valence-electron chi connectivity index (χ1n) is 8.50. The van der Waals surface area contributed by atoms with E-state index in [0.717, 1.165) is 12.8 Å². The van der Waals surface area contributed by atoms with Gasteiger partial charge in [0.1, 0.15) is 6.10 Å². The zero-order valence-corrected chi connectivity index (χ0v) is 13.1. The summed E-state index contributed by atoms with van der Waals surface area (Å²) in [6.45, 7) is 2.20. The fourth-order valence-electron chi connectivity index (χ4n) is 3.85. The van der Waals surface area contributed by atoms with Gasteiger partial charge < -0.3 is 14.2 Å². The van der Waals surface area contributed by atoms with Crippen molar-refractivity contribution in [1.29, 1.82) is 0 Å². The average molecular weight is 300 g/mol. The van der Waals surface area contributed by atoms with Gasteiger partial charge in [-0.05, 0) is 18.4 Å². The van der Waals surface area contributed by atoms with Crippen molar-refractivity contribution in [3.63, 3.8) is 0 Å². The summed E-state index contributed by atoms with van der Waals surface area (Å²) in [6, 6.07) is 10.3. The van der Waals surface area contributed by atoms with Crippen LogP contribution in [0, 0.1) is 5.92 Å². The maximum absolute atomic E-state index is 6.33. The Morgan fingerprint density at radius 2 is 1.82 bits per heavy atom. The molecule has 3 fully saturated rings. The summed E-state index contributed by atoms with van der Waals surface area (Å²) in [5.74, 6) is -0.0260. The van der Waals surface area contributed by atoms with Gasteiger partial charge in [-0.1, -0.05) is 55.8 Å². The molecule has 0 aromatic heterocycles. The lowest BCUT2D eigenvalue weighted by Gasteiger charge is -2.33. The lowest BCUT2D eigenvalue weighted by molar-refractivity contribution is -0.237. The normalized spacial score (nSPS) is 37.0. The minimum atomic E-state index is -0.351. The molecule has 2 aliphatic heterocycles. The lowest BCUT2D eigenvalue weighted by atomic mass is 9.94. The summed E-state index contributed by atoms with van der Waals surface area (Å²) < 4.78 is 18.6. The molecule has 0 amide bonds. The molecule has 0 radical (unpaired) electrons. The van der Waals surface area contributed by atoms with Gasteiger partial charge in [0.05, 0.1) is 6.10 Å². The maximum atomic E-state index is 6.33. The van der Waals surface area contributed by atoms with E-state index >= 15 is 0 Å². The van der Waals surface area contributed by atoms with Crippen LogP contribution in [0.2, 0.25) is 0 Å². The van der Waals surface area contributed by atoms with Crippen LogP contribution in [-0.4, -0.2) is 24.3 Å². The van der Waals surface area contributed by atoms with Crippen LogP contribution in [-0.2, 0) is 14.2 Å². The van der Waals surface area contributed by atoms with E-state index in [1.54, 1.807) is 0 Å². The highest BCUT2D eigenvalue weighted by molar-refractivity contribution is 5.49. The maximum Gasteiger partial charge on any atom is 0.188 e. The van der Waals surface area contributed by atoms with E-state index < -0.39 is 0 Å². The predicted octanol–water partition coefficient (Wildman–Crippen LogP) is 4.14. The second-order valence-electron chi connectivity index (χ2n) is 6.77. The number of ether oxygens (including phenoxy) is 3. The molecule has 0 bridgehead atoms. The average Bonchev–Trinajstić information content (AvgIpc) is 3.03. The Hall–Kier alpha value is -1.16. The molecule has 22 heavy (non-hydrogen) atoms. The molecule has 1 spiro atoms. The van der Waals surface area contributed by atoms with Crippen LogP contribution < -0.4 is 0 Å². The van der Waals surface area contributed by atoms with Crippen LogP contribution >= 0.6 is 0 Å². The standard InChI is InChI=1S/C19H24O3/c1-14-16(11-10-15-8-4-2-5-9-15)20-18-17(14)21-19(22-18)12-6-3-7-13-19/h2,4-5,8-11,14,16-18H,3,6-7,12-13H2,1H3/b11-10+/t14-,16-,17-,18-/m1/s1. The zero-order chi connectivity index (χ0) is 15.0. The Kier molecular flexibility index (Phi) is 3.81. The summed E-state index contributed by atoms with van der Waals surface area (Å²) in [4.78, 5) is 0. The highest BCUT2D eigenvalue weighted by Crippen LogP contribution is 2.46. The molecule has 3 nitrogen and oxygen atoms in total. The molecule has 4 rings (SSSR count). The van der Waals surface area contributed by atoms with Gasteiger partial charge in [-0.3, -0.25) is 0 Å². The smallest absolute Gasteiger partial charge is 0.188 e. The van der Waals surface area contributed by atoms with Crippen molar-refractivity contribution in [2.75, 3.05) is 0 Å². The quantitative estimate of drug-likeness (QED) is 0.821. The first kappa shape index (κ1) is 14.4. The lowest BCUT2D eigenvalue weighted by Crippen LogP contribution is -2.36. The minimum Gasteiger partial charge on any atom is -0.342 e. The van der Waals surface area contributed by atoms with Crippen molar-refractivity contribution in [3.05, 3.63) is 42.0 Å². The molecule has 118 valence electrons. The van der Waals surface area contributed by atoms with Crippen molar-refractivity contribution < 1.29 is 14.2 Å². The Bertz CT molecular complexity index is 533. The predicted molar refractivity (Wildman–Crippen MR) is 85.1 cm³/mol. The van der Waals surface area contributed by atoms with E-state index in [1.807, 2.05) is 18.2 Å². The summed E-state index contributed by atoms with van der Waals surface area (Å²) in [5.41, 5.74) is 1.20. The van der Waals surface area contributed by atoms with Gasteiger partial charge in [0.25, 0.3) is 0 Å². The molecule has 0 unspecified atom stereocenters. The van der Waals surface area contributed by atoms with Gasteiger partial charge in [0, 0.05) is 18.8 Å². The van der Waals surface area contributed by atoms with Crippen molar-refractivity contribution >= 4 is 6.08 Å². The van der Waals surface area contributed by atoms with Crippen molar-refractivity contribution in [3.8, 4) is 0 Å². The molecule has 1 aromatic carbocycles. The molecule has 4 atom stereocenters. The molecule has 1 saturated carbocycles. The summed E-state index contributed by atoms with van der Waals surface area (Å²) in [5, 5.41) is 0. The third-order valence-corrected chi connectivity index (χ3v) is 5.17. The Balaban J connectivity index is 1.42. The summed E-state index contributed by atoms with van der Waals surface area (Å²) >= 11 is 0.